The van der Waals surface area contributed by atoms with E-state index in [0.29, 0.717) is 18.6 Å². The highest BCUT2D eigenvalue weighted by molar-refractivity contribution is 5.80. The van der Waals surface area contributed by atoms with Gasteiger partial charge < -0.3 is 14.2 Å². The number of Topliss-reactive ketones (excluding diaryl/α,β-unsaturated/α-hetero) is 1. The van der Waals surface area contributed by atoms with Crippen LogP contribution in [0.5, 0.6) is 17.2 Å². The third kappa shape index (κ3) is 5.25. The van der Waals surface area contributed by atoms with Crippen LogP contribution in [0.15, 0.2) is 29.4 Å². The molecule has 3 rings (SSSR count). The minimum Gasteiger partial charge on any atom is -0.492 e. The van der Waals surface area contributed by atoms with E-state index in [1.54, 1.807) is 7.11 Å². The molecule has 0 radical (unpaired) electrons. The summed E-state index contributed by atoms with van der Waals surface area (Å²) in [5, 5.41) is 0. The van der Waals surface area contributed by atoms with E-state index in [1.165, 1.54) is 16.7 Å². The lowest BCUT2D eigenvalue weighted by Crippen LogP contribution is -2.34. The number of benzene rings is 1. The number of fused-ring (bicyclic) bond motifs is 2. The maximum absolute atomic E-state index is 12.8. The normalized spacial score (nSPS) is 18.2. The summed E-state index contributed by atoms with van der Waals surface area (Å²) < 4.78 is 16.9. The van der Waals surface area contributed by atoms with Crippen molar-refractivity contribution in [3.05, 3.63) is 40.5 Å². The second-order valence-corrected chi connectivity index (χ2v) is 8.61. The molecule has 0 aliphatic carbocycles. The molecule has 1 aromatic rings. The molecule has 2 heterocycles. The molecule has 0 saturated carbocycles. The van der Waals surface area contributed by atoms with E-state index in [9.17, 15) is 4.79 Å². The van der Waals surface area contributed by atoms with E-state index in [-0.39, 0.29) is 18.6 Å². The molecule has 0 saturated heterocycles. The van der Waals surface area contributed by atoms with Crippen LogP contribution < -0.4 is 14.2 Å². The third-order valence-electron chi connectivity index (χ3n) is 5.98. The summed E-state index contributed by atoms with van der Waals surface area (Å²) in [6.07, 6.45) is 9.39. The summed E-state index contributed by atoms with van der Waals surface area (Å²) in [5.74, 6) is 2.42. The Bertz CT molecular complexity index is 836. The number of rotatable bonds is 9. The molecule has 2 aliphatic heterocycles. The van der Waals surface area contributed by atoms with Crippen LogP contribution in [-0.4, -0.2) is 38.2 Å². The van der Waals surface area contributed by atoms with Crippen molar-refractivity contribution in [2.24, 2.45) is 0 Å². The van der Waals surface area contributed by atoms with Crippen LogP contribution in [0.3, 0.4) is 0 Å². The number of allylic oxidation sites excluding steroid dienone is 4. The molecule has 0 aromatic heterocycles. The Morgan fingerprint density at radius 1 is 1.20 bits per heavy atom. The number of nitrogens with zero attached hydrogens (tertiary/aromatic N) is 1. The number of ether oxygens (including phenoxy) is 3. The van der Waals surface area contributed by atoms with Crippen molar-refractivity contribution in [1.82, 2.24) is 4.90 Å². The Balaban J connectivity index is 1.66. The number of ketones is 1. The molecule has 0 N–H and O–H groups in total. The van der Waals surface area contributed by atoms with Crippen molar-refractivity contribution in [3.63, 3.8) is 0 Å². The second-order valence-electron chi connectivity index (χ2n) is 8.61. The molecule has 5 heteroatoms. The first-order chi connectivity index (χ1) is 14.4. The van der Waals surface area contributed by atoms with Crippen LogP contribution in [-0.2, 0) is 11.2 Å². The minimum absolute atomic E-state index is 0.00782. The van der Waals surface area contributed by atoms with E-state index in [0.717, 1.165) is 49.3 Å². The van der Waals surface area contributed by atoms with Crippen LogP contribution in [0.1, 0.15) is 70.0 Å². The molecule has 0 spiro atoms. The third-order valence-corrected chi connectivity index (χ3v) is 5.98. The molecule has 5 nitrogen and oxygen atoms in total. The largest absolute Gasteiger partial charge is 0.492 e. The van der Waals surface area contributed by atoms with E-state index in [4.69, 9.17) is 14.2 Å². The number of carbonyl (C=O) groups excluding carboxylic acids is 1. The van der Waals surface area contributed by atoms with Gasteiger partial charge in [0.1, 0.15) is 5.78 Å². The molecule has 0 unspecified atom stereocenters. The summed E-state index contributed by atoms with van der Waals surface area (Å²) in [6, 6.07) is 2.07. The molecule has 0 bridgehead atoms. The summed E-state index contributed by atoms with van der Waals surface area (Å²) in [7, 11) is 3.74. The molecule has 164 valence electrons. The molecule has 1 atom stereocenters. The monoisotopic (exact) mass is 413 g/mol. The van der Waals surface area contributed by atoms with Crippen molar-refractivity contribution in [1.29, 1.82) is 0 Å². The number of carbonyl (C=O) groups is 1. The van der Waals surface area contributed by atoms with Gasteiger partial charge in [-0.25, -0.2) is 0 Å². The van der Waals surface area contributed by atoms with Crippen LogP contribution in [0, 0.1) is 0 Å². The highest BCUT2D eigenvalue weighted by Crippen LogP contribution is 2.50. The van der Waals surface area contributed by atoms with Crippen molar-refractivity contribution >= 4 is 5.78 Å². The molecule has 1 aromatic carbocycles. The lowest BCUT2D eigenvalue weighted by atomic mass is 9.88. The molecular weight excluding hydrogens is 378 g/mol. The predicted octanol–water partition coefficient (Wildman–Crippen LogP) is 5.39. The van der Waals surface area contributed by atoms with Crippen molar-refractivity contribution in [2.45, 2.75) is 65.3 Å². The van der Waals surface area contributed by atoms with Gasteiger partial charge in [-0.15, -0.1) is 0 Å². The maximum atomic E-state index is 12.8. The van der Waals surface area contributed by atoms with E-state index >= 15 is 0 Å². The van der Waals surface area contributed by atoms with Gasteiger partial charge in [0.05, 0.1) is 7.11 Å². The fourth-order valence-corrected chi connectivity index (χ4v) is 4.27. The van der Waals surface area contributed by atoms with Gasteiger partial charge in [-0.05, 0) is 65.1 Å². The van der Waals surface area contributed by atoms with Gasteiger partial charge in [0, 0.05) is 31.0 Å². The zero-order valence-corrected chi connectivity index (χ0v) is 19.0. The topological polar surface area (TPSA) is 48.0 Å². The van der Waals surface area contributed by atoms with Gasteiger partial charge in [-0.3, -0.25) is 9.69 Å². The molecular formula is C25H35NO4. The zero-order chi connectivity index (χ0) is 21.7. The van der Waals surface area contributed by atoms with Crippen LogP contribution in [0.25, 0.3) is 0 Å². The summed E-state index contributed by atoms with van der Waals surface area (Å²) in [6.45, 7) is 7.54. The fraction of sp³-hybridized carbons (Fsp3) is 0.560. The van der Waals surface area contributed by atoms with E-state index in [2.05, 4.69) is 50.9 Å². The number of likely N-dealkylation sites (N-methyl/N-ethyl adjacent to an activating group) is 1. The summed E-state index contributed by atoms with van der Waals surface area (Å²) in [4.78, 5) is 15.1. The predicted molar refractivity (Wildman–Crippen MR) is 119 cm³/mol. The average molecular weight is 414 g/mol. The smallest absolute Gasteiger partial charge is 0.231 e. The second kappa shape index (κ2) is 10.2. The lowest BCUT2D eigenvalue weighted by molar-refractivity contribution is -0.120. The van der Waals surface area contributed by atoms with Gasteiger partial charge in [-0.2, -0.15) is 0 Å². The Morgan fingerprint density at radius 2 is 1.97 bits per heavy atom. The summed E-state index contributed by atoms with van der Waals surface area (Å²) in [5.41, 5.74) is 4.99. The first-order valence-corrected chi connectivity index (χ1v) is 10.9. The standard InChI is InChI=1S/C25H35NO4/c1-17(2)8-6-9-18(3)10-7-11-20(27)15-21-23-19(12-13-26(21)4)14-22-24(25(23)28-5)30-16-29-22/h8,10,14,21H,6-7,9,11-13,15-16H2,1-5H3/t21-/m0/s1. The van der Waals surface area contributed by atoms with Crippen molar-refractivity contribution < 1.29 is 19.0 Å². The maximum Gasteiger partial charge on any atom is 0.231 e. The molecule has 30 heavy (non-hydrogen) atoms. The van der Waals surface area contributed by atoms with Gasteiger partial charge >= 0.3 is 0 Å². The Labute approximate surface area is 180 Å². The average Bonchev–Trinajstić information content (AvgIpc) is 3.16. The SMILES string of the molecule is COc1c2c(cc3c1[C@H](CC(=O)CCC=C(C)CCC=C(C)C)N(C)CC3)OCO2. The minimum atomic E-state index is 0.00782. The van der Waals surface area contributed by atoms with Gasteiger partial charge in [-0.1, -0.05) is 23.3 Å². The Morgan fingerprint density at radius 3 is 2.70 bits per heavy atom. The first kappa shape index (κ1) is 22.4. The van der Waals surface area contributed by atoms with Crippen molar-refractivity contribution in [2.75, 3.05) is 27.5 Å². The van der Waals surface area contributed by atoms with Gasteiger partial charge in [0.25, 0.3) is 0 Å². The quantitative estimate of drug-likeness (QED) is 0.508. The Hall–Kier alpha value is -2.27. The highest BCUT2D eigenvalue weighted by atomic mass is 16.7. The van der Waals surface area contributed by atoms with Crippen molar-refractivity contribution in [3.8, 4) is 17.2 Å². The lowest BCUT2D eigenvalue weighted by Gasteiger charge is -2.35. The summed E-state index contributed by atoms with van der Waals surface area (Å²) >= 11 is 0. The first-order valence-electron chi connectivity index (χ1n) is 10.9. The Kier molecular flexibility index (Phi) is 7.59. The molecule has 0 fully saturated rings. The van der Waals surface area contributed by atoms with Gasteiger partial charge in [0.2, 0.25) is 12.5 Å². The molecule has 0 amide bonds. The number of hydrogen-bond acceptors (Lipinski definition) is 5. The highest BCUT2D eigenvalue weighted by Gasteiger charge is 2.34. The zero-order valence-electron chi connectivity index (χ0n) is 19.0. The number of hydrogen-bond donors (Lipinski definition) is 0. The van der Waals surface area contributed by atoms with Crippen LogP contribution in [0.4, 0.5) is 0 Å². The van der Waals surface area contributed by atoms with Crippen LogP contribution >= 0.6 is 0 Å². The van der Waals surface area contributed by atoms with Gasteiger partial charge in [0.15, 0.2) is 11.5 Å². The van der Waals surface area contributed by atoms with Crippen LogP contribution in [0.2, 0.25) is 0 Å². The molecule has 2 aliphatic rings. The van der Waals surface area contributed by atoms with E-state index < -0.39 is 0 Å². The number of methoxy groups -OCH3 is 1. The van der Waals surface area contributed by atoms with E-state index in [1.807, 2.05) is 0 Å². The fourth-order valence-electron chi connectivity index (χ4n) is 4.27.